The van der Waals surface area contributed by atoms with Crippen LogP contribution in [0.2, 0.25) is 0 Å². The molecule has 1 aromatic rings. The highest BCUT2D eigenvalue weighted by Gasteiger charge is 2.27. The van der Waals surface area contributed by atoms with Crippen LogP contribution >= 0.6 is 0 Å². The monoisotopic (exact) mass is 249 g/mol. The maximum absolute atomic E-state index is 12.5. The molecule has 0 aromatic carbocycles. The summed E-state index contributed by atoms with van der Waals surface area (Å²) < 4.78 is 1.88. The summed E-state index contributed by atoms with van der Waals surface area (Å²) in [6, 6.07) is 0. The van der Waals surface area contributed by atoms with Crippen LogP contribution in [0.1, 0.15) is 43.2 Å². The van der Waals surface area contributed by atoms with Crippen molar-refractivity contribution in [2.45, 2.75) is 40.7 Å². The smallest absolute Gasteiger partial charge is 0.257 e. The van der Waals surface area contributed by atoms with E-state index in [1.54, 1.807) is 6.20 Å². The number of piperidine rings is 1. The van der Waals surface area contributed by atoms with E-state index < -0.39 is 0 Å². The molecule has 0 N–H and O–H groups in total. The van der Waals surface area contributed by atoms with Gasteiger partial charge in [-0.2, -0.15) is 5.10 Å². The first kappa shape index (κ1) is 13.1. The molecule has 1 fully saturated rings. The molecule has 4 heteroatoms. The molecule has 0 radical (unpaired) electrons. The minimum absolute atomic E-state index is 0.144. The fourth-order valence-electron chi connectivity index (χ4n) is 2.97. The fraction of sp³-hybridized carbons (Fsp3) is 0.714. The summed E-state index contributed by atoms with van der Waals surface area (Å²) in [6.07, 6.45) is 2.93. The number of aryl methyl sites for hydroxylation is 1. The van der Waals surface area contributed by atoms with Gasteiger partial charge in [-0.3, -0.25) is 9.48 Å². The van der Waals surface area contributed by atoms with Crippen LogP contribution in [0.25, 0.3) is 0 Å². The predicted molar refractivity (Wildman–Crippen MR) is 71.5 cm³/mol. The third-order valence-corrected chi connectivity index (χ3v) is 3.79. The molecule has 1 amide bonds. The van der Waals surface area contributed by atoms with Gasteiger partial charge in [0.1, 0.15) is 0 Å². The molecule has 100 valence electrons. The second kappa shape index (κ2) is 5.12. The molecule has 2 rings (SSSR count). The van der Waals surface area contributed by atoms with Crippen molar-refractivity contribution in [3.05, 3.63) is 17.5 Å². The van der Waals surface area contributed by atoms with E-state index >= 15 is 0 Å². The average Bonchev–Trinajstić information content (AvgIpc) is 2.68. The van der Waals surface area contributed by atoms with Gasteiger partial charge in [0.15, 0.2) is 0 Å². The van der Waals surface area contributed by atoms with Crippen molar-refractivity contribution >= 4 is 5.91 Å². The Morgan fingerprint density at radius 2 is 2.00 bits per heavy atom. The molecule has 4 nitrogen and oxygen atoms in total. The molecule has 0 saturated carbocycles. The van der Waals surface area contributed by atoms with E-state index in [-0.39, 0.29) is 5.91 Å². The number of hydrogen-bond donors (Lipinski definition) is 0. The maximum Gasteiger partial charge on any atom is 0.257 e. The van der Waals surface area contributed by atoms with Crippen LogP contribution in [0.15, 0.2) is 6.20 Å². The van der Waals surface area contributed by atoms with Gasteiger partial charge in [-0.25, -0.2) is 0 Å². The van der Waals surface area contributed by atoms with E-state index in [4.69, 9.17) is 0 Å². The first-order chi connectivity index (χ1) is 8.52. The van der Waals surface area contributed by atoms with Gasteiger partial charge in [0, 0.05) is 25.3 Å². The van der Waals surface area contributed by atoms with Crippen molar-refractivity contribution in [3.8, 4) is 0 Å². The van der Waals surface area contributed by atoms with Crippen LogP contribution in [0.5, 0.6) is 0 Å². The van der Waals surface area contributed by atoms with Gasteiger partial charge in [0.2, 0.25) is 0 Å². The first-order valence-electron chi connectivity index (χ1n) is 6.84. The predicted octanol–water partition coefficient (Wildman–Crippen LogP) is 2.33. The van der Waals surface area contributed by atoms with Gasteiger partial charge in [0.25, 0.3) is 5.91 Å². The second-order valence-electron chi connectivity index (χ2n) is 5.62. The van der Waals surface area contributed by atoms with E-state index in [9.17, 15) is 4.79 Å². The summed E-state index contributed by atoms with van der Waals surface area (Å²) in [5.74, 6) is 1.34. The van der Waals surface area contributed by atoms with Gasteiger partial charge in [-0.15, -0.1) is 0 Å². The van der Waals surface area contributed by atoms with E-state index in [1.165, 1.54) is 6.42 Å². The highest BCUT2D eigenvalue weighted by molar-refractivity contribution is 5.95. The number of hydrogen-bond acceptors (Lipinski definition) is 2. The SMILES string of the molecule is CCn1ncc(C(=O)N2C[C@H](C)C[C@H](C)C2)c1C. The van der Waals surface area contributed by atoms with E-state index in [0.29, 0.717) is 11.8 Å². The van der Waals surface area contributed by atoms with Gasteiger partial charge < -0.3 is 4.90 Å². The van der Waals surface area contributed by atoms with Crippen LogP contribution in [0.4, 0.5) is 0 Å². The lowest BCUT2D eigenvalue weighted by Gasteiger charge is -2.34. The van der Waals surface area contributed by atoms with Gasteiger partial charge in [0.05, 0.1) is 11.8 Å². The molecule has 2 heterocycles. The number of aromatic nitrogens is 2. The number of likely N-dealkylation sites (tertiary alicyclic amines) is 1. The maximum atomic E-state index is 12.5. The lowest BCUT2D eigenvalue weighted by atomic mass is 9.91. The van der Waals surface area contributed by atoms with Crippen LogP contribution < -0.4 is 0 Å². The van der Waals surface area contributed by atoms with Crippen molar-refractivity contribution < 1.29 is 4.79 Å². The van der Waals surface area contributed by atoms with Gasteiger partial charge in [-0.05, 0) is 32.1 Å². The summed E-state index contributed by atoms with van der Waals surface area (Å²) in [5.41, 5.74) is 1.74. The van der Waals surface area contributed by atoms with Crippen LogP contribution in [0, 0.1) is 18.8 Å². The zero-order valence-corrected chi connectivity index (χ0v) is 11.8. The topological polar surface area (TPSA) is 38.1 Å². The lowest BCUT2D eigenvalue weighted by Crippen LogP contribution is -2.42. The van der Waals surface area contributed by atoms with Crippen LogP contribution in [0.3, 0.4) is 0 Å². The molecule has 1 aliphatic heterocycles. The summed E-state index contributed by atoms with van der Waals surface area (Å²) in [5, 5.41) is 4.26. The summed E-state index contributed by atoms with van der Waals surface area (Å²) >= 11 is 0. The summed E-state index contributed by atoms with van der Waals surface area (Å²) in [4.78, 5) is 14.5. The molecule has 0 aliphatic carbocycles. The zero-order chi connectivity index (χ0) is 13.3. The summed E-state index contributed by atoms with van der Waals surface area (Å²) in [6.45, 7) is 11.0. The van der Waals surface area contributed by atoms with E-state index in [0.717, 1.165) is 30.9 Å². The molecule has 18 heavy (non-hydrogen) atoms. The lowest BCUT2D eigenvalue weighted by molar-refractivity contribution is 0.0622. The number of rotatable bonds is 2. The van der Waals surface area contributed by atoms with Gasteiger partial charge >= 0.3 is 0 Å². The first-order valence-corrected chi connectivity index (χ1v) is 6.84. The zero-order valence-electron chi connectivity index (χ0n) is 11.8. The summed E-state index contributed by atoms with van der Waals surface area (Å²) in [7, 11) is 0. The largest absolute Gasteiger partial charge is 0.338 e. The van der Waals surface area contributed by atoms with E-state index in [2.05, 4.69) is 18.9 Å². The normalized spacial score (nSPS) is 24.3. The Kier molecular flexibility index (Phi) is 3.73. The molecule has 1 saturated heterocycles. The Bertz CT molecular complexity index is 428. The van der Waals surface area contributed by atoms with Crippen molar-refractivity contribution in [3.63, 3.8) is 0 Å². The Hall–Kier alpha value is -1.32. The minimum Gasteiger partial charge on any atom is -0.338 e. The number of carbonyl (C=O) groups excluding carboxylic acids is 1. The number of nitrogens with zero attached hydrogens (tertiary/aromatic N) is 3. The quantitative estimate of drug-likeness (QED) is 0.807. The van der Waals surface area contributed by atoms with Crippen LogP contribution in [-0.2, 0) is 6.54 Å². The molecule has 0 unspecified atom stereocenters. The Morgan fingerprint density at radius 1 is 1.39 bits per heavy atom. The average molecular weight is 249 g/mol. The Balaban J connectivity index is 2.17. The molecular weight excluding hydrogens is 226 g/mol. The minimum atomic E-state index is 0.144. The number of carbonyl (C=O) groups is 1. The van der Waals surface area contributed by atoms with Crippen molar-refractivity contribution in [1.82, 2.24) is 14.7 Å². The second-order valence-corrected chi connectivity index (χ2v) is 5.62. The third-order valence-electron chi connectivity index (χ3n) is 3.79. The standard InChI is InChI=1S/C14H23N3O/c1-5-17-12(4)13(7-15-17)14(18)16-8-10(2)6-11(3)9-16/h7,10-11H,5-6,8-9H2,1-4H3/t10-,11+. The number of amides is 1. The Labute approximate surface area is 109 Å². The third kappa shape index (κ3) is 2.42. The molecule has 0 spiro atoms. The molecular formula is C14H23N3O. The highest BCUT2D eigenvalue weighted by atomic mass is 16.2. The fourth-order valence-corrected chi connectivity index (χ4v) is 2.97. The Morgan fingerprint density at radius 3 is 2.50 bits per heavy atom. The molecule has 1 aliphatic rings. The molecule has 2 atom stereocenters. The molecule has 1 aromatic heterocycles. The highest BCUT2D eigenvalue weighted by Crippen LogP contribution is 2.23. The van der Waals surface area contributed by atoms with E-state index in [1.807, 2.05) is 23.4 Å². The molecule has 0 bridgehead atoms. The van der Waals surface area contributed by atoms with Crippen molar-refractivity contribution in [2.75, 3.05) is 13.1 Å². The van der Waals surface area contributed by atoms with Crippen LogP contribution in [-0.4, -0.2) is 33.7 Å². The van der Waals surface area contributed by atoms with Gasteiger partial charge in [-0.1, -0.05) is 13.8 Å². The van der Waals surface area contributed by atoms with Crippen molar-refractivity contribution in [1.29, 1.82) is 0 Å². The van der Waals surface area contributed by atoms with Crippen molar-refractivity contribution in [2.24, 2.45) is 11.8 Å².